The van der Waals surface area contributed by atoms with Crippen LogP contribution in [-0.2, 0) is 14.8 Å². The van der Waals surface area contributed by atoms with Gasteiger partial charge in [-0.05, 0) is 49.2 Å². The molecular formula is C17H19BrN2O3S. The van der Waals surface area contributed by atoms with E-state index in [-0.39, 0.29) is 6.54 Å². The number of amides is 1. The van der Waals surface area contributed by atoms with Crippen molar-refractivity contribution < 1.29 is 13.2 Å². The fourth-order valence-corrected chi connectivity index (χ4v) is 3.57. The van der Waals surface area contributed by atoms with Crippen LogP contribution in [0.5, 0.6) is 0 Å². The molecule has 0 spiro atoms. The number of carbonyl (C=O) groups excluding carboxylic acids is 1. The third kappa shape index (κ3) is 4.82. The minimum atomic E-state index is -3.59. The zero-order chi connectivity index (χ0) is 17.9. The van der Waals surface area contributed by atoms with Crippen LogP contribution in [0.25, 0.3) is 0 Å². The maximum absolute atomic E-state index is 12.3. The summed E-state index contributed by atoms with van der Waals surface area (Å²) < 4.78 is 26.3. The molecule has 0 aromatic heterocycles. The van der Waals surface area contributed by atoms with E-state index in [2.05, 4.69) is 21.2 Å². The normalized spacial score (nSPS) is 11.2. The Hall–Kier alpha value is -1.86. The van der Waals surface area contributed by atoms with Crippen LogP contribution in [0.1, 0.15) is 11.1 Å². The lowest BCUT2D eigenvalue weighted by Crippen LogP contribution is -2.37. The van der Waals surface area contributed by atoms with E-state index in [1.54, 1.807) is 24.3 Å². The Morgan fingerprint density at radius 2 is 1.88 bits per heavy atom. The number of hydrogen-bond donors (Lipinski definition) is 1. The van der Waals surface area contributed by atoms with Gasteiger partial charge in [-0.1, -0.05) is 34.1 Å². The first-order chi connectivity index (χ1) is 11.2. The highest BCUT2D eigenvalue weighted by Gasteiger charge is 2.22. The molecule has 1 N–H and O–H groups in total. The molecule has 0 aliphatic rings. The molecule has 0 heterocycles. The quantitative estimate of drug-likeness (QED) is 0.820. The fraction of sp³-hybridized carbons (Fsp3) is 0.235. The van der Waals surface area contributed by atoms with Crippen LogP contribution in [0.2, 0.25) is 0 Å². The summed E-state index contributed by atoms with van der Waals surface area (Å²) in [6, 6.07) is 12.6. The van der Waals surface area contributed by atoms with Crippen molar-refractivity contribution in [2.24, 2.45) is 0 Å². The molecule has 2 aromatic rings. The van der Waals surface area contributed by atoms with Crippen LogP contribution in [0, 0.1) is 13.8 Å². The topological polar surface area (TPSA) is 66.5 Å². The molecule has 0 saturated carbocycles. The fourth-order valence-electron chi connectivity index (χ4n) is 2.27. The molecular weight excluding hydrogens is 392 g/mol. The predicted molar refractivity (Wildman–Crippen MR) is 101 cm³/mol. The van der Waals surface area contributed by atoms with Gasteiger partial charge in [0.25, 0.3) is 0 Å². The molecule has 24 heavy (non-hydrogen) atoms. The molecule has 0 unspecified atom stereocenters. The van der Waals surface area contributed by atoms with Gasteiger partial charge in [0.05, 0.1) is 11.9 Å². The number of halogens is 1. The number of rotatable bonds is 5. The Morgan fingerprint density at radius 1 is 1.17 bits per heavy atom. The highest BCUT2D eigenvalue weighted by molar-refractivity contribution is 9.10. The Labute approximate surface area is 150 Å². The third-order valence-electron chi connectivity index (χ3n) is 3.43. The monoisotopic (exact) mass is 410 g/mol. The maximum Gasteiger partial charge on any atom is 0.245 e. The molecule has 1 amide bonds. The molecule has 2 aromatic carbocycles. The van der Waals surface area contributed by atoms with Crippen molar-refractivity contribution in [2.75, 3.05) is 22.4 Å². The van der Waals surface area contributed by atoms with Crippen LogP contribution >= 0.6 is 15.9 Å². The van der Waals surface area contributed by atoms with Crippen LogP contribution in [0.15, 0.2) is 46.9 Å². The number of benzene rings is 2. The van der Waals surface area contributed by atoms with Crippen molar-refractivity contribution in [2.45, 2.75) is 13.8 Å². The van der Waals surface area contributed by atoms with E-state index >= 15 is 0 Å². The summed E-state index contributed by atoms with van der Waals surface area (Å²) in [5.41, 5.74) is 2.84. The molecule has 0 fully saturated rings. The highest BCUT2D eigenvalue weighted by atomic mass is 79.9. The first-order valence-corrected chi connectivity index (χ1v) is 9.91. The number of sulfonamides is 1. The van der Waals surface area contributed by atoms with E-state index in [9.17, 15) is 13.2 Å². The molecule has 0 aliphatic carbocycles. The number of hydrogen-bond acceptors (Lipinski definition) is 3. The van der Waals surface area contributed by atoms with E-state index < -0.39 is 15.9 Å². The summed E-state index contributed by atoms with van der Waals surface area (Å²) in [5.74, 6) is -0.403. The number of nitrogens with zero attached hydrogens (tertiary/aromatic N) is 1. The summed E-state index contributed by atoms with van der Waals surface area (Å²) in [5, 5.41) is 2.71. The highest BCUT2D eigenvalue weighted by Crippen LogP contribution is 2.24. The second-order valence-electron chi connectivity index (χ2n) is 5.62. The molecule has 5 nitrogen and oxygen atoms in total. The maximum atomic E-state index is 12.3. The van der Waals surface area contributed by atoms with Crippen molar-refractivity contribution in [3.8, 4) is 0 Å². The van der Waals surface area contributed by atoms with Gasteiger partial charge >= 0.3 is 0 Å². The lowest BCUT2D eigenvalue weighted by atomic mass is 10.1. The Kier molecular flexibility index (Phi) is 5.66. The summed E-state index contributed by atoms with van der Waals surface area (Å²) in [7, 11) is -3.59. The Morgan fingerprint density at radius 3 is 2.50 bits per heavy atom. The molecule has 128 valence electrons. The molecule has 2 rings (SSSR count). The molecule has 0 atom stereocenters. The van der Waals surface area contributed by atoms with Gasteiger partial charge in [0.1, 0.15) is 6.54 Å². The molecule has 0 saturated heterocycles. The molecule has 0 bridgehead atoms. The van der Waals surface area contributed by atoms with Crippen molar-refractivity contribution in [3.05, 3.63) is 58.1 Å². The number of anilines is 2. The zero-order valence-corrected chi connectivity index (χ0v) is 16.1. The number of aryl methyl sites for hydroxylation is 2. The van der Waals surface area contributed by atoms with E-state index in [0.717, 1.165) is 26.2 Å². The van der Waals surface area contributed by atoms with Crippen molar-refractivity contribution in [1.29, 1.82) is 0 Å². The first kappa shape index (κ1) is 18.5. The first-order valence-electron chi connectivity index (χ1n) is 7.27. The minimum absolute atomic E-state index is 0.282. The van der Waals surface area contributed by atoms with Crippen molar-refractivity contribution >= 4 is 43.2 Å². The van der Waals surface area contributed by atoms with Crippen LogP contribution in [0.3, 0.4) is 0 Å². The van der Waals surface area contributed by atoms with Crippen LogP contribution < -0.4 is 9.62 Å². The second kappa shape index (κ2) is 7.36. The van der Waals surface area contributed by atoms with E-state index in [1.807, 2.05) is 32.0 Å². The van der Waals surface area contributed by atoms with Gasteiger partial charge in [-0.3, -0.25) is 9.10 Å². The standard InChI is InChI=1S/C17H19BrN2O3S/c1-12-7-8-13(2)16(9-12)20(24(3,22)23)11-17(21)19-15-6-4-5-14(18)10-15/h4-10H,11H2,1-3H3,(H,19,21). The summed E-state index contributed by atoms with van der Waals surface area (Å²) >= 11 is 3.33. The van der Waals surface area contributed by atoms with E-state index in [1.165, 1.54) is 0 Å². The van der Waals surface area contributed by atoms with Gasteiger partial charge < -0.3 is 5.32 Å². The van der Waals surface area contributed by atoms with Crippen molar-refractivity contribution in [3.63, 3.8) is 0 Å². The smallest absolute Gasteiger partial charge is 0.245 e. The lowest BCUT2D eigenvalue weighted by molar-refractivity contribution is -0.114. The van der Waals surface area contributed by atoms with Gasteiger partial charge in [-0.25, -0.2) is 8.42 Å². The summed E-state index contributed by atoms with van der Waals surface area (Å²) in [6.07, 6.45) is 1.10. The SMILES string of the molecule is Cc1ccc(C)c(N(CC(=O)Nc2cccc(Br)c2)S(C)(=O)=O)c1. The van der Waals surface area contributed by atoms with E-state index in [4.69, 9.17) is 0 Å². The summed E-state index contributed by atoms with van der Waals surface area (Å²) in [6.45, 7) is 3.42. The van der Waals surface area contributed by atoms with Crippen molar-refractivity contribution in [1.82, 2.24) is 0 Å². The van der Waals surface area contributed by atoms with Gasteiger partial charge in [0.2, 0.25) is 15.9 Å². The minimum Gasteiger partial charge on any atom is -0.324 e. The van der Waals surface area contributed by atoms with Gasteiger partial charge in [-0.2, -0.15) is 0 Å². The third-order valence-corrected chi connectivity index (χ3v) is 5.05. The Balaban J connectivity index is 2.27. The van der Waals surface area contributed by atoms with Gasteiger partial charge in [-0.15, -0.1) is 0 Å². The van der Waals surface area contributed by atoms with Crippen LogP contribution in [0.4, 0.5) is 11.4 Å². The lowest BCUT2D eigenvalue weighted by Gasteiger charge is -2.24. The molecule has 0 radical (unpaired) electrons. The Bertz CT molecular complexity index is 866. The zero-order valence-electron chi connectivity index (χ0n) is 13.7. The largest absolute Gasteiger partial charge is 0.324 e. The predicted octanol–water partition coefficient (Wildman–Crippen LogP) is 3.47. The molecule has 0 aliphatic heterocycles. The van der Waals surface area contributed by atoms with Crippen LogP contribution in [-0.4, -0.2) is 27.1 Å². The number of nitrogens with one attached hydrogen (secondary N) is 1. The van der Waals surface area contributed by atoms with Gasteiger partial charge in [0.15, 0.2) is 0 Å². The van der Waals surface area contributed by atoms with E-state index in [0.29, 0.717) is 11.4 Å². The molecule has 7 heteroatoms. The average Bonchev–Trinajstić information content (AvgIpc) is 2.46. The van der Waals surface area contributed by atoms with Gasteiger partial charge in [0, 0.05) is 10.2 Å². The summed E-state index contributed by atoms with van der Waals surface area (Å²) in [4.78, 5) is 12.3. The number of carbonyl (C=O) groups is 1. The second-order valence-corrected chi connectivity index (χ2v) is 8.44. The average molecular weight is 411 g/mol.